The van der Waals surface area contributed by atoms with Crippen LogP contribution >= 0.6 is 0 Å². The van der Waals surface area contributed by atoms with Gasteiger partial charge in [-0.1, -0.05) is 24.3 Å². The molecule has 1 amide bonds. The summed E-state index contributed by atoms with van der Waals surface area (Å²) >= 11 is 0. The average molecular weight is 657 g/mol. The number of para-hydroxylation sites is 1. The summed E-state index contributed by atoms with van der Waals surface area (Å²) in [5, 5.41) is 15.4. The second-order valence-corrected chi connectivity index (χ2v) is 10.8. The fourth-order valence-electron chi connectivity index (χ4n) is 4.38. The molecule has 0 aliphatic carbocycles. The molecule has 0 radical (unpaired) electrons. The average Bonchev–Trinajstić information content (AvgIpc) is 3.00. The van der Waals surface area contributed by atoms with E-state index in [2.05, 4.69) is 15.6 Å². The van der Waals surface area contributed by atoms with Crippen molar-refractivity contribution in [3.8, 4) is 17.2 Å². The highest BCUT2D eigenvalue weighted by Crippen LogP contribution is 2.33. The van der Waals surface area contributed by atoms with Gasteiger partial charge in [0.1, 0.15) is 17.6 Å². The number of pyridine rings is 1. The van der Waals surface area contributed by atoms with Crippen LogP contribution in [-0.4, -0.2) is 47.0 Å². The summed E-state index contributed by atoms with van der Waals surface area (Å²) in [6.45, 7) is 10.6. The van der Waals surface area contributed by atoms with Gasteiger partial charge >= 0.3 is 12.1 Å². The zero-order valence-corrected chi connectivity index (χ0v) is 26.7. The summed E-state index contributed by atoms with van der Waals surface area (Å²) in [7, 11) is 0. The molecule has 0 aliphatic heterocycles. The number of hydrogen-bond donors (Lipinski definition) is 4. The molecule has 0 saturated heterocycles. The van der Waals surface area contributed by atoms with E-state index in [9.17, 15) is 18.0 Å². The number of nitrogens with two attached hydrogens (primary N) is 1. The number of carboxylic acid groups (broad SMARTS) is 1. The van der Waals surface area contributed by atoms with Crippen LogP contribution in [0.5, 0.6) is 17.2 Å². The number of carboxylic acids is 1. The minimum Gasteiger partial charge on any atom is -0.491 e. The third kappa shape index (κ3) is 10.7. The Balaban J connectivity index is 0.000000771. The number of benzene rings is 3. The third-order valence-corrected chi connectivity index (χ3v) is 6.36. The Hall–Kier alpha value is -5.20. The number of alkyl halides is 3. The van der Waals surface area contributed by atoms with Crippen molar-refractivity contribution < 1.29 is 42.1 Å². The largest absolute Gasteiger partial charge is 0.491 e. The summed E-state index contributed by atoms with van der Waals surface area (Å²) in [6, 6.07) is 20.2. The van der Waals surface area contributed by atoms with Gasteiger partial charge < -0.3 is 35.7 Å². The van der Waals surface area contributed by atoms with Crippen molar-refractivity contribution in [3.05, 3.63) is 84.1 Å². The number of fused-ring (bicyclic) bond motifs is 1. The van der Waals surface area contributed by atoms with Gasteiger partial charge in [-0.05, 0) is 88.0 Å². The number of ether oxygens (including phenoxy) is 3. The number of nitrogen functional groups attached to an aromatic ring is 1. The predicted octanol–water partition coefficient (Wildman–Crippen LogP) is 6.89. The topological polar surface area (TPSA) is 145 Å². The molecule has 1 unspecified atom stereocenters. The number of halogens is 3. The molecular weight excluding hydrogens is 617 g/mol. The number of aromatic nitrogens is 1. The maximum Gasteiger partial charge on any atom is 0.490 e. The Morgan fingerprint density at radius 3 is 2.21 bits per heavy atom. The highest BCUT2D eigenvalue weighted by atomic mass is 19.4. The molecule has 13 heteroatoms. The first-order valence-corrected chi connectivity index (χ1v) is 14.9. The summed E-state index contributed by atoms with van der Waals surface area (Å²) in [4.78, 5) is 26.8. The predicted molar refractivity (Wildman–Crippen MR) is 174 cm³/mol. The van der Waals surface area contributed by atoms with E-state index < -0.39 is 18.2 Å². The van der Waals surface area contributed by atoms with Gasteiger partial charge in [0.15, 0.2) is 11.5 Å². The van der Waals surface area contributed by atoms with Gasteiger partial charge in [0.2, 0.25) is 5.91 Å². The lowest BCUT2D eigenvalue weighted by atomic mass is 10.0. The molecule has 252 valence electrons. The van der Waals surface area contributed by atoms with E-state index >= 15 is 0 Å². The number of hydrogen-bond acceptors (Lipinski definition) is 8. The molecule has 47 heavy (non-hydrogen) atoms. The van der Waals surface area contributed by atoms with Gasteiger partial charge in [0.25, 0.3) is 0 Å². The Bertz CT molecular complexity index is 1660. The van der Waals surface area contributed by atoms with E-state index in [1.807, 2.05) is 101 Å². The zero-order chi connectivity index (χ0) is 34.7. The fourth-order valence-corrected chi connectivity index (χ4v) is 4.38. The van der Waals surface area contributed by atoms with Gasteiger partial charge in [-0.15, -0.1) is 0 Å². The van der Waals surface area contributed by atoms with Crippen LogP contribution in [0, 0.1) is 0 Å². The fraction of sp³-hybridized carbons (Fsp3) is 0.324. The van der Waals surface area contributed by atoms with Crippen molar-refractivity contribution in [2.45, 2.75) is 65.6 Å². The number of anilines is 2. The van der Waals surface area contributed by atoms with Crippen LogP contribution in [0.15, 0.2) is 72.9 Å². The summed E-state index contributed by atoms with van der Waals surface area (Å²) in [6.07, 6.45) is -3.41. The Morgan fingerprint density at radius 2 is 1.57 bits per heavy atom. The monoisotopic (exact) mass is 656 g/mol. The van der Waals surface area contributed by atoms with E-state index in [1.54, 1.807) is 6.20 Å². The molecule has 0 saturated carbocycles. The smallest absolute Gasteiger partial charge is 0.490 e. The third-order valence-electron chi connectivity index (χ3n) is 6.36. The van der Waals surface area contributed by atoms with Crippen LogP contribution in [0.3, 0.4) is 0 Å². The number of carbonyl (C=O) groups excluding carboxylic acids is 1. The van der Waals surface area contributed by atoms with Crippen LogP contribution in [0.1, 0.15) is 51.8 Å². The van der Waals surface area contributed by atoms with Crippen molar-refractivity contribution in [3.63, 3.8) is 0 Å². The Kier molecular flexibility index (Phi) is 12.6. The highest BCUT2D eigenvalue weighted by molar-refractivity contribution is 5.94. The first kappa shape index (κ1) is 36.3. The number of aliphatic carboxylic acids is 1. The maximum absolute atomic E-state index is 13.8. The number of nitrogens with one attached hydrogen (secondary N) is 2. The second-order valence-electron chi connectivity index (χ2n) is 10.8. The Labute approximate surface area is 271 Å². The van der Waals surface area contributed by atoms with E-state index in [-0.39, 0.29) is 18.1 Å². The molecule has 0 fully saturated rings. The molecule has 0 bridgehead atoms. The quantitative estimate of drug-likeness (QED) is 0.128. The van der Waals surface area contributed by atoms with Crippen molar-refractivity contribution >= 4 is 34.2 Å². The number of amides is 1. The highest BCUT2D eigenvalue weighted by Gasteiger charge is 2.38. The van der Waals surface area contributed by atoms with E-state index in [4.69, 9.17) is 29.8 Å². The molecule has 0 aliphatic rings. The second kappa shape index (κ2) is 16.4. The van der Waals surface area contributed by atoms with Gasteiger partial charge in [-0.2, -0.15) is 13.2 Å². The van der Waals surface area contributed by atoms with Gasteiger partial charge in [0, 0.05) is 29.4 Å². The van der Waals surface area contributed by atoms with Gasteiger partial charge in [-0.3, -0.25) is 4.79 Å². The van der Waals surface area contributed by atoms with Crippen LogP contribution in [0.4, 0.5) is 24.7 Å². The normalized spacial score (nSPS) is 11.8. The number of carbonyl (C=O) groups is 2. The molecule has 0 spiro atoms. The molecule has 1 heterocycles. The summed E-state index contributed by atoms with van der Waals surface area (Å²) in [5.41, 5.74) is 8.44. The standard InChI is InChI=1S/C32H38N4O4.C2HF3O2/c1-6-38-29-18-23(11-14-28(29)40-21(4)5)30(36-25-12-13-26-22(17-25)15-16-34-31(26)33)32(37)35-19-24-9-7-8-10-27(24)39-20(2)3;3-2(4,5)1(6)7/h7-18,20-21,30,36H,6,19H2,1-5H3,(H2,33,34)(H,35,37);(H,6,7). The van der Waals surface area contributed by atoms with Crippen molar-refractivity contribution in [2.24, 2.45) is 0 Å². The van der Waals surface area contributed by atoms with Crippen LogP contribution in [-0.2, 0) is 16.1 Å². The molecule has 3 aromatic carbocycles. The van der Waals surface area contributed by atoms with Crippen molar-refractivity contribution in [1.29, 1.82) is 0 Å². The van der Waals surface area contributed by atoms with Crippen LogP contribution in [0.2, 0.25) is 0 Å². The van der Waals surface area contributed by atoms with Crippen LogP contribution in [0.25, 0.3) is 10.8 Å². The molecule has 4 rings (SSSR count). The molecule has 4 aromatic rings. The van der Waals surface area contributed by atoms with E-state index in [1.165, 1.54) is 0 Å². The molecule has 1 aromatic heterocycles. The minimum absolute atomic E-state index is 0.0186. The van der Waals surface area contributed by atoms with Crippen molar-refractivity contribution in [1.82, 2.24) is 10.3 Å². The summed E-state index contributed by atoms with van der Waals surface area (Å²) < 4.78 is 49.5. The van der Waals surface area contributed by atoms with Crippen molar-refractivity contribution in [2.75, 3.05) is 17.7 Å². The lowest BCUT2D eigenvalue weighted by molar-refractivity contribution is -0.192. The van der Waals surface area contributed by atoms with Gasteiger partial charge in [-0.25, -0.2) is 9.78 Å². The molecule has 5 N–H and O–H groups in total. The molecule has 1 atom stereocenters. The van der Waals surface area contributed by atoms with Gasteiger partial charge in [0.05, 0.1) is 18.8 Å². The first-order chi connectivity index (χ1) is 22.2. The molecule has 10 nitrogen and oxygen atoms in total. The molecular formula is C34H39F3N4O6. The minimum atomic E-state index is -5.08. The first-order valence-electron chi connectivity index (χ1n) is 14.9. The number of rotatable bonds is 12. The number of nitrogens with zero attached hydrogens (tertiary/aromatic N) is 1. The SMILES string of the molecule is CCOc1cc(C(Nc2ccc3c(N)nccc3c2)C(=O)NCc2ccccc2OC(C)C)ccc1OC(C)C.O=C(O)C(F)(F)F. The summed E-state index contributed by atoms with van der Waals surface area (Å²) in [5.74, 6) is -0.532. The van der Waals surface area contributed by atoms with Crippen LogP contribution < -0.4 is 30.6 Å². The lowest BCUT2D eigenvalue weighted by Crippen LogP contribution is -2.33. The van der Waals surface area contributed by atoms with E-state index in [0.29, 0.717) is 30.5 Å². The lowest BCUT2D eigenvalue weighted by Gasteiger charge is -2.23. The maximum atomic E-state index is 13.8. The zero-order valence-electron chi connectivity index (χ0n) is 26.7. The van der Waals surface area contributed by atoms with E-state index in [0.717, 1.165) is 33.3 Å². The Morgan fingerprint density at radius 1 is 0.915 bits per heavy atom.